The van der Waals surface area contributed by atoms with Crippen molar-refractivity contribution < 1.29 is 9.47 Å². The number of ether oxygens (including phenoxy) is 2. The molecule has 1 aromatic rings. The molecule has 1 spiro atoms. The lowest BCUT2D eigenvalue weighted by molar-refractivity contribution is -0.179. The summed E-state index contributed by atoms with van der Waals surface area (Å²) in [5.41, 5.74) is 0. The molecule has 2 N–H and O–H groups in total. The standard InChI is InChI=1S/C11H18N4O2/c1-3-11(16-5-6-17-11)4-2-9(1)12-7-10-13-8-14-15-10/h8-9,12H,1-7H2,(H,13,14,15). The second-order valence-corrected chi connectivity index (χ2v) is 4.69. The second-order valence-electron chi connectivity index (χ2n) is 4.69. The van der Waals surface area contributed by atoms with E-state index in [9.17, 15) is 0 Å². The van der Waals surface area contributed by atoms with E-state index >= 15 is 0 Å². The molecule has 2 heterocycles. The number of rotatable bonds is 3. The Hall–Kier alpha value is -0.980. The van der Waals surface area contributed by atoms with Crippen LogP contribution < -0.4 is 5.32 Å². The first kappa shape index (κ1) is 11.1. The fourth-order valence-corrected chi connectivity index (χ4v) is 2.60. The first-order valence-electron chi connectivity index (χ1n) is 6.22. The van der Waals surface area contributed by atoms with E-state index < -0.39 is 0 Å². The second kappa shape index (κ2) is 4.72. The van der Waals surface area contributed by atoms with Crippen molar-refractivity contribution in [3.05, 3.63) is 12.2 Å². The van der Waals surface area contributed by atoms with Gasteiger partial charge in [0.2, 0.25) is 0 Å². The molecule has 6 heteroatoms. The summed E-state index contributed by atoms with van der Waals surface area (Å²) in [5, 5.41) is 10.2. The Morgan fingerprint density at radius 3 is 2.76 bits per heavy atom. The smallest absolute Gasteiger partial charge is 0.168 e. The lowest BCUT2D eigenvalue weighted by Crippen LogP contribution is -2.41. The summed E-state index contributed by atoms with van der Waals surface area (Å²) in [6.45, 7) is 2.24. The maximum Gasteiger partial charge on any atom is 0.168 e. The van der Waals surface area contributed by atoms with Gasteiger partial charge in [-0.05, 0) is 12.8 Å². The third-order valence-electron chi connectivity index (χ3n) is 3.58. The molecule has 1 saturated heterocycles. The van der Waals surface area contributed by atoms with Gasteiger partial charge in [0.1, 0.15) is 12.2 Å². The van der Waals surface area contributed by atoms with Crippen molar-refractivity contribution >= 4 is 0 Å². The molecule has 94 valence electrons. The molecular weight excluding hydrogens is 220 g/mol. The van der Waals surface area contributed by atoms with Gasteiger partial charge >= 0.3 is 0 Å². The Morgan fingerprint density at radius 1 is 1.35 bits per heavy atom. The van der Waals surface area contributed by atoms with E-state index in [1.54, 1.807) is 0 Å². The minimum atomic E-state index is -0.260. The predicted molar refractivity (Wildman–Crippen MR) is 60.1 cm³/mol. The van der Waals surface area contributed by atoms with E-state index in [0.717, 1.165) is 51.3 Å². The maximum atomic E-state index is 5.70. The van der Waals surface area contributed by atoms with Gasteiger partial charge in [0.05, 0.1) is 19.8 Å². The van der Waals surface area contributed by atoms with Gasteiger partial charge in [-0.1, -0.05) is 0 Å². The normalized spacial score (nSPS) is 24.5. The zero-order chi connectivity index (χ0) is 11.6. The van der Waals surface area contributed by atoms with Crippen molar-refractivity contribution in [2.24, 2.45) is 0 Å². The summed E-state index contributed by atoms with van der Waals surface area (Å²) in [6, 6.07) is 0.526. The summed E-state index contributed by atoms with van der Waals surface area (Å²) < 4.78 is 11.4. The Bertz CT molecular complexity index is 338. The lowest BCUT2D eigenvalue weighted by atomic mass is 9.90. The van der Waals surface area contributed by atoms with Gasteiger partial charge in [-0.2, -0.15) is 5.10 Å². The van der Waals surface area contributed by atoms with Crippen LogP contribution in [0.1, 0.15) is 31.5 Å². The predicted octanol–water partition coefficient (Wildman–Crippen LogP) is 0.580. The average molecular weight is 238 g/mol. The van der Waals surface area contributed by atoms with Gasteiger partial charge < -0.3 is 14.8 Å². The third-order valence-corrected chi connectivity index (χ3v) is 3.58. The molecule has 6 nitrogen and oxygen atoms in total. The summed E-state index contributed by atoms with van der Waals surface area (Å²) in [5.74, 6) is 0.628. The van der Waals surface area contributed by atoms with E-state index in [1.807, 2.05) is 0 Å². The van der Waals surface area contributed by atoms with Gasteiger partial charge in [-0.3, -0.25) is 5.10 Å². The van der Waals surface area contributed by atoms with Crippen molar-refractivity contribution in [2.45, 2.75) is 44.1 Å². The van der Waals surface area contributed by atoms with Crippen LogP contribution in [0.25, 0.3) is 0 Å². The number of nitrogens with one attached hydrogen (secondary N) is 2. The molecule has 0 amide bonds. The first-order chi connectivity index (χ1) is 8.36. The molecule has 2 fully saturated rings. The van der Waals surface area contributed by atoms with Crippen molar-refractivity contribution in [2.75, 3.05) is 13.2 Å². The Labute approximate surface area is 100 Å². The molecule has 0 unspecified atom stereocenters. The molecule has 0 radical (unpaired) electrons. The largest absolute Gasteiger partial charge is 0.348 e. The molecule has 2 aliphatic rings. The molecule has 1 saturated carbocycles. The fraction of sp³-hybridized carbons (Fsp3) is 0.818. The van der Waals surface area contributed by atoms with E-state index in [2.05, 4.69) is 20.5 Å². The van der Waals surface area contributed by atoms with Crippen molar-refractivity contribution in [1.82, 2.24) is 20.5 Å². The molecule has 1 aromatic heterocycles. The van der Waals surface area contributed by atoms with Crippen LogP contribution >= 0.6 is 0 Å². The van der Waals surface area contributed by atoms with E-state index in [1.165, 1.54) is 6.33 Å². The highest BCUT2D eigenvalue weighted by atomic mass is 16.7. The maximum absolute atomic E-state index is 5.70. The van der Waals surface area contributed by atoms with Crippen LogP contribution in [-0.4, -0.2) is 40.2 Å². The highest BCUT2D eigenvalue weighted by molar-refractivity contribution is 4.87. The van der Waals surface area contributed by atoms with Crippen molar-refractivity contribution in [1.29, 1.82) is 0 Å². The fourth-order valence-electron chi connectivity index (χ4n) is 2.60. The van der Waals surface area contributed by atoms with Gasteiger partial charge in [0.25, 0.3) is 0 Å². The van der Waals surface area contributed by atoms with Gasteiger partial charge in [0.15, 0.2) is 5.79 Å². The zero-order valence-electron chi connectivity index (χ0n) is 9.82. The number of hydrogen-bond acceptors (Lipinski definition) is 5. The molecule has 0 atom stereocenters. The number of nitrogens with zero attached hydrogens (tertiary/aromatic N) is 2. The molecule has 1 aliphatic carbocycles. The lowest BCUT2D eigenvalue weighted by Gasteiger charge is -2.35. The highest BCUT2D eigenvalue weighted by Gasteiger charge is 2.40. The first-order valence-corrected chi connectivity index (χ1v) is 6.22. The molecule has 0 bridgehead atoms. The third kappa shape index (κ3) is 2.48. The average Bonchev–Trinajstić information content (AvgIpc) is 3.01. The van der Waals surface area contributed by atoms with Crippen LogP contribution in [0.2, 0.25) is 0 Å². The minimum Gasteiger partial charge on any atom is -0.348 e. The molecule has 3 rings (SSSR count). The van der Waals surface area contributed by atoms with Crippen LogP contribution in [0.3, 0.4) is 0 Å². The zero-order valence-corrected chi connectivity index (χ0v) is 9.82. The van der Waals surface area contributed by atoms with Crippen LogP contribution in [-0.2, 0) is 16.0 Å². The highest BCUT2D eigenvalue weighted by Crippen LogP contribution is 2.35. The Kier molecular flexibility index (Phi) is 3.09. The number of H-pyrrole nitrogens is 1. The van der Waals surface area contributed by atoms with Crippen LogP contribution in [0.4, 0.5) is 0 Å². The number of hydrogen-bond donors (Lipinski definition) is 2. The van der Waals surface area contributed by atoms with Crippen LogP contribution in [0.15, 0.2) is 6.33 Å². The van der Waals surface area contributed by atoms with Crippen LogP contribution in [0.5, 0.6) is 0 Å². The summed E-state index contributed by atoms with van der Waals surface area (Å²) in [6.07, 6.45) is 5.69. The van der Waals surface area contributed by atoms with E-state index in [0.29, 0.717) is 6.04 Å². The van der Waals surface area contributed by atoms with Gasteiger partial charge in [-0.15, -0.1) is 0 Å². The topological polar surface area (TPSA) is 72.1 Å². The SMILES string of the molecule is c1n[nH]c(CNC2CCC3(CC2)OCCO3)n1. The van der Waals surface area contributed by atoms with Crippen molar-refractivity contribution in [3.8, 4) is 0 Å². The van der Waals surface area contributed by atoms with Crippen LogP contribution in [0, 0.1) is 0 Å². The summed E-state index contributed by atoms with van der Waals surface area (Å²) in [4.78, 5) is 4.09. The Morgan fingerprint density at radius 2 is 2.12 bits per heavy atom. The number of aromatic nitrogens is 3. The quantitative estimate of drug-likeness (QED) is 0.806. The van der Waals surface area contributed by atoms with Crippen molar-refractivity contribution in [3.63, 3.8) is 0 Å². The molecular formula is C11H18N4O2. The Balaban J connectivity index is 1.45. The minimum absolute atomic E-state index is 0.260. The monoisotopic (exact) mass is 238 g/mol. The van der Waals surface area contributed by atoms with Gasteiger partial charge in [0, 0.05) is 18.9 Å². The summed E-state index contributed by atoms with van der Waals surface area (Å²) >= 11 is 0. The summed E-state index contributed by atoms with van der Waals surface area (Å²) in [7, 11) is 0. The molecule has 17 heavy (non-hydrogen) atoms. The van der Waals surface area contributed by atoms with E-state index in [-0.39, 0.29) is 5.79 Å². The molecule has 0 aromatic carbocycles. The number of aromatic amines is 1. The molecule has 1 aliphatic heterocycles. The van der Waals surface area contributed by atoms with E-state index in [4.69, 9.17) is 9.47 Å². The van der Waals surface area contributed by atoms with Gasteiger partial charge in [-0.25, -0.2) is 4.98 Å².